The van der Waals surface area contributed by atoms with E-state index in [1.165, 1.54) is 32.2 Å². The third-order valence-electron chi connectivity index (χ3n) is 5.59. The number of fused-ring (bicyclic) bond motifs is 1. The maximum absolute atomic E-state index is 12.8. The van der Waals surface area contributed by atoms with Crippen molar-refractivity contribution in [1.82, 2.24) is 14.6 Å². The molecule has 2 aliphatic rings. The number of para-hydroxylation sites is 1. The predicted octanol–water partition coefficient (Wildman–Crippen LogP) is 2.78. The zero-order valence-corrected chi connectivity index (χ0v) is 15.2. The molecule has 2 fully saturated rings. The number of likely N-dealkylation sites (tertiary alicyclic amines) is 1. The Kier molecular flexibility index (Phi) is 4.75. The lowest BCUT2D eigenvalue weighted by molar-refractivity contribution is 0.0782. The van der Waals surface area contributed by atoms with Crippen LogP contribution in [0.3, 0.4) is 0 Å². The number of sulfonamides is 1. The van der Waals surface area contributed by atoms with Crippen LogP contribution in [0.25, 0.3) is 10.9 Å². The second kappa shape index (κ2) is 7.02. The van der Waals surface area contributed by atoms with Gasteiger partial charge in [-0.15, -0.1) is 0 Å². The van der Waals surface area contributed by atoms with E-state index in [9.17, 15) is 8.42 Å². The van der Waals surface area contributed by atoms with Crippen LogP contribution in [0.15, 0.2) is 41.4 Å². The lowest BCUT2D eigenvalue weighted by atomic mass is 9.88. The molecule has 6 heteroatoms. The predicted molar refractivity (Wildman–Crippen MR) is 98.9 cm³/mol. The highest BCUT2D eigenvalue weighted by molar-refractivity contribution is 7.89. The smallest absolute Gasteiger partial charge is 0.242 e. The average Bonchev–Trinajstić information content (AvgIpc) is 2.58. The Hall–Kier alpha value is -1.50. The number of aromatic nitrogens is 1. The van der Waals surface area contributed by atoms with Gasteiger partial charge in [-0.25, -0.2) is 13.1 Å². The average molecular weight is 359 g/mol. The molecular formula is C19H25N3O2S. The van der Waals surface area contributed by atoms with E-state index in [1.54, 1.807) is 18.3 Å². The van der Waals surface area contributed by atoms with Crippen LogP contribution in [0, 0.1) is 5.92 Å². The van der Waals surface area contributed by atoms with Gasteiger partial charge in [-0.3, -0.25) is 4.98 Å². The summed E-state index contributed by atoms with van der Waals surface area (Å²) >= 11 is 0. The molecule has 1 saturated heterocycles. The van der Waals surface area contributed by atoms with Crippen molar-refractivity contribution in [3.8, 4) is 0 Å². The number of hydrogen-bond acceptors (Lipinski definition) is 4. The van der Waals surface area contributed by atoms with Crippen molar-refractivity contribution in [3.63, 3.8) is 0 Å². The van der Waals surface area contributed by atoms with Gasteiger partial charge < -0.3 is 4.90 Å². The minimum absolute atomic E-state index is 0.275. The number of nitrogens with zero attached hydrogens (tertiary/aromatic N) is 2. The summed E-state index contributed by atoms with van der Waals surface area (Å²) in [6.07, 6.45) is 7.85. The van der Waals surface area contributed by atoms with Gasteiger partial charge in [0, 0.05) is 30.7 Å². The monoisotopic (exact) mass is 359 g/mol. The van der Waals surface area contributed by atoms with Crippen LogP contribution in [0.1, 0.15) is 32.1 Å². The molecular weight excluding hydrogens is 334 g/mol. The summed E-state index contributed by atoms with van der Waals surface area (Å²) < 4.78 is 28.5. The van der Waals surface area contributed by atoms with E-state index in [0.29, 0.717) is 18.0 Å². The summed E-state index contributed by atoms with van der Waals surface area (Å²) in [5.41, 5.74) is 0.539. The Morgan fingerprint density at radius 3 is 2.76 bits per heavy atom. The van der Waals surface area contributed by atoms with Gasteiger partial charge in [0.25, 0.3) is 0 Å². The Balaban J connectivity index is 1.46. The van der Waals surface area contributed by atoms with Crippen LogP contribution in [0.2, 0.25) is 0 Å². The van der Waals surface area contributed by atoms with Gasteiger partial charge in [0.1, 0.15) is 4.90 Å². The van der Waals surface area contributed by atoms with E-state index in [0.717, 1.165) is 24.4 Å². The largest absolute Gasteiger partial charge is 0.300 e. The molecule has 1 saturated carbocycles. The van der Waals surface area contributed by atoms with Crippen molar-refractivity contribution in [1.29, 1.82) is 0 Å². The number of nitrogens with one attached hydrogen (secondary N) is 1. The normalized spacial score (nSPS) is 22.8. The zero-order chi connectivity index (χ0) is 17.3. The number of hydrogen-bond donors (Lipinski definition) is 1. The summed E-state index contributed by atoms with van der Waals surface area (Å²) in [5, 5.41) is 0.846. The number of rotatable bonds is 5. The maximum Gasteiger partial charge on any atom is 0.242 e. The fourth-order valence-electron chi connectivity index (χ4n) is 3.95. The molecule has 4 rings (SSSR count). The molecule has 25 heavy (non-hydrogen) atoms. The van der Waals surface area contributed by atoms with Gasteiger partial charge in [0.15, 0.2) is 0 Å². The highest BCUT2D eigenvalue weighted by Gasteiger charge is 2.30. The first kappa shape index (κ1) is 16.9. The Morgan fingerprint density at radius 1 is 1.12 bits per heavy atom. The first-order valence-electron chi connectivity index (χ1n) is 9.21. The van der Waals surface area contributed by atoms with Gasteiger partial charge in [-0.1, -0.05) is 24.6 Å². The molecule has 1 aliphatic carbocycles. The lowest BCUT2D eigenvalue weighted by Crippen LogP contribution is -2.48. The third-order valence-corrected chi connectivity index (χ3v) is 7.04. The zero-order valence-electron chi connectivity index (χ0n) is 14.4. The lowest BCUT2D eigenvalue weighted by Gasteiger charge is -2.42. The van der Waals surface area contributed by atoms with E-state index in [1.807, 2.05) is 18.2 Å². The fraction of sp³-hybridized carbons (Fsp3) is 0.526. The molecule has 0 bridgehead atoms. The molecule has 134 valence electrons. The molecule has 1 N–H and O–H groups in total. The number of piperidine rings is 1. The molecule has 2 aromatic rings. The Labute approximate surface area is 149 Å². The van der Waals surface area contributed by atoms with Gasteiger partial charge in [0.05, 0.1) is 5.52 Å². The van der Waals surface area contributed by atoms with Crippen LogP contribution < -0.4 is 4.72 Å². The maximum atomic E-state index is 12.8. The highest BCUT2D eigenvalue weighted by Crippen LogP contribution is 2.29. The van der Waals surface area contributed by atoms with Crippen molar-refractivity contribution < 1.29 is 8.42 Å². The summed E-state index contributed by atoms with van der Waals surface area (Å²) in [6.45, 7) is 2.69. The van der Waals surface area contributed by atoms with Crippen LogP contribution >= 0.6 is 0 Å². The number of benzene rings is 1. The standard InChI is InChI=1S/C19H25N3O2S/c23-25(24,18-10-1-6-16-7-3-11-20-19(16)18)21-13-15-5-4-12-22(14-15)17-8-2-9-17/h1,3,6-7,10-11,15,17,21H,2,4-5,8-9,12-14H2. The minimum atomic E-state index is -3.55. The molecule has 1 atom stereocenters. The van der Waals surface area contributed by atoms with Gasteiger partial charge in [-0.05, 0) is 50.3 Å². The van der Waals surface area contributed by atoms with Crippen molar-refractivity contribution in [3.05, 3.63) is 36.5 Å². The quantitative estimate of drug-likeness (QED) is 0.892. The van der Waals surface area contributed by atoms with E-state index in [-0.39, 0.29) is 4.90 Å². The highest BCUT2D eigenvalue weighted by atomic mass is 32.2. The number of pyridine rings is 1. The second-order valence-electron chi connectivity index (χ2n) is 7.27. The molecule has 0 spiro atoms. The molecule has 0 radical (unpaired) electrons. The first-order chi connectivity index (χ1) is 12.1. The van der Waals surface area contributed by atoms with Crippen molar-refractivity contribution in [2.24, 2.45) is 5.92 Å². The van der Waals surface area contributed by atoms with Crippen LogP contribution in [-0.2, 0) is 10.0 Å². The molecule has 1 aromatic carbocycles. The van der Waals surface area contributed by atoms with Gasteiger partial charge >= 0.3 is 0 Å². The molecule has 0 amide bonds. The molecule has 1 aliphatic heterocycles. The molecule has 1 unspecified atom stereocenters. The van der Waals surface area contributed by atoms with E-state index >= 15 is 0 Å². The SMILES string of the molecule is O=S(=O)(NCC1CCCN(C2CCC2)C1)c1cccc2cccnc12. The summed E-state index contributed by atoms with van der Waals surface area (Å²) in [7, 11) is -3.55. The van der Waals surface area contributed by atoms with Crippen LogP contribution in [0.5, 0.6) is 0 Å². The summed E-state index contributed by atoms with van der Waals surface area (Å²) in [4.78, 5) is 7.10. The Morgan fingerprint density at radius 2 is 1.96 bits per heavy atom. The van der Waals surface area contributed by atoms with Crippen molar-refractivity contribution in [2.45, 2.75) is 43.0 Å². The summed E-state index contributed by atoms with van der Waals surface area (Å²) in [6, 6.07) is 9.75. The van der Waals surface area contributed by atoms with Crippen LogP contribution in [0.4, 0.5) is 0 Å². The topological polar surface area (TPSA) is 62.3 Å². The van der Waals surface area contributed by atoms with Gasteiger partial charge in [0.2, 0.25) is 10.0 Å². The van der Waals surface area contributed by atoms with Gasteiger partial charge in [-0.2, -0.15) is 0 Å². The van der Waals surface area contributed by atoms with Crippen molar-refractivity contribution >= 4 is 20.9 Å². The van der Waals surface area contributed by atoms with E-state index in [4.69, 9.17) is 0 Å². The first-order valence-corrected chi connectivity index (χ1v) is 10.7. The Bertz CT molecular complexity index is 843. The third kappa shape index (κ3) is 3.57. The van der Waals surface area contributed by atoms with Crippen LogP contribution in [-0.4, -0.2) is 44.0 Å². The van der Waals surface area contributed by atoms with E-state index in [2.05, 4.69) is 14.6 Å². The molecule has 5 nitrogen and oxygen atoms in total. The fourth-order valence-corrected chi connectivity index (χ4v) is 5.24. The minimum Gasteiger partial charge on any atom is -0.300 e. The molecule has 2 heterocycles. The molecule has 1 aromatic heterocycles. The summed E-state index contributed by atoms with van der Waals surface area (Å²) in [5.74, 6) is 0.395. The van der Waals surface area contributed by atoms with Crippen molar-refractivity contribution in [2.75, 3.05) is 19.6 Å². The van der Waals surface area contributed by atoms with E-state index < -0.39 is 10.0 Å². The second-order valence-corrected chi connectivity index (χ2v) is 9.01.